The molecule has 5 nitrogen and oxygen atoms in total. The third-order valence-electron chi connectivity index (χ3n) is 4.35. The van der Waals surface area contributed by atoms with Crippen LogP contribution in [-0.4, -0.2) is 55.9 Å². The maximum absolute atomic E-state index is 12.0. The zero-order chi connectivity index (χ0) is 14.0. The molecule has 1 amide bonds. The van der Waals surface area contributed by atoms with Crippen molar-refractivity contribution < 1.29 is 13.2 Å². The summed E-state index contributed by atoms with van der Waals surface area (Å²) in [5.41, 5.74) is 0. The topological polar surface area (TPSA) is 66.5 Å². The van der Waals surface area contributed by atoms with Crippen LogP contribution >= 0.6 is 0 Å². The molecule has 2 heterocycles. The van der Waals surface area contributed by atoms with Gasteiger partial charge in [-0.1, -0.05) is 0 Å². The van der Waals surface area contributed by atoms with Crippen LogP contribution in [0.2, 0.25) is 0 Å². The van der Waals surface area contributed by atoms with E-state index in [1.54, 1.807) is 13.8 Å². The Morgan fingerprint density at radius 3 is 2.79 bits per heavy atom. The average molecular weight is 288 g/mol. The summed E-state index contributed by atoms with van der Waals surface area (Å²) in [6.45, 7) is 5.62. The minimum Gasteiger partial charge on any atom is -0.338 e. The van der Waals surface area contributed by atoms with Gasteiger partial charge in [0.15, 0.2) is 9.84 Å². The Hall–Kier alpha value is -0.620. The van der Waals surface area contributed by atoms with Gasteiger partial charge in [0.05, 0.1) is 11.0 Å². The molecule has 6 heteroatoms. The number of hydrogen-bond donors (Lipinski definition) is 1. The molecule has 2 atom stereocenters. The monoisotopic (exact) mass is 288 g/mol. The van der Waals surface area contributed by atoms with Gasteiger partial charge in [0.25, 0.3) is 0 Å². The van der Waals surface area contributed by atoms with E-state index in [1.165, 1.54) is 0 Å². The minimum atomic E-state index is -3.07. The molecule has 2 rings (SSSR count). The van der Waals surface area contributed by atoms with Gasteiger partial charge in [0.2, 0.25) is 5.91 Å². The van der Waals surface area contributed by atoms with E-state index < -0.39 is 9.84 Å². The van der Waals surface area contributed by atoms with Crippen molar-refractivity contribution in [3.63, 3.8) is 0 Å². The number of rotatable bonds is 4. The molecule has 0 aliphatic carbocycles. The van der Waals surface area contributed by atoms with Crippen molar-refractivity contribution in [2.75, 3.05) is 25.4 Å². The second kappa shape index (κ2) is 5.79. The molecule has 0 aromatic heterocycles. The molecule has 0 spiro atoms. The predicted molar refractivity (Wildman–Crippen MR) is 74.6 cm³/mol. The molecular formula is C13H24N2O3S. The molecule has 2 aliphatic rings. The molecule has 0 bridgehead atoms. The fourth-order valence-corrected chi connectivity index (χ4v) is 3.93. The molecule has 0 aromatic rings. The Morgan fingerprint density at radius 1 is 1.37 bits per heavy atom. The molecular weight excluding hydrogens is 264 g/mol. The Bertz CT molecular complexity index is 433. The highest BCUT2D eigenvalue weighted by Gasteiger charge is 2.37. The lowest BCUT2D eigenvalue weighted by Crippen LogP contribution is -2.56. The van der Waals surface area contributed by atoms with Crippen LogP contribution in [0.5, 0.6) is 0 Å². The second-order valence-corrected chi connectivity index (χ2v) is 8.54. The molecule has 0 radical (unpaired) electrons. The Balaban J connectivity index is 2.02. The maximum atomic E-state index is 12.0. The summed E-state index contributed by atoms with van der Waals surface area (Å²) < 4.78 is 23.8. The fourth-order valence-electron chi connectivity index (χ4n) is 3.00. The van der Waals surface area contributed by atoms with E-state index in [4.69, 9.17) is 0 Å². The Labute approximate surface area is 115 Å². The molecule has 2 unspecified atom stereocenters. The van der Waals surface area contributed by atoms with Gasteiger partial charge in [-0.2, -0.15) is 0 Å². The number of carbonyl (C=O) groups excluding carboxylic acids is 1. The molecule has 2 fully saturated rings. The van der Waals surface area contributed by atoms with Crippen molar-refractivity contribution in [3.8, 4) is 0 Å². The van der Waals surface area contributed by atoms with Crippen LogP contribution in [-0.2, 0) is 14.6 Å². The third-order valence-corrected chi connectivity index (χ3v) is 6.54. The van der Waals surface area contributed by atoms with Crippen molar-refractivity contribution in [1.29, 1.82) is 0 Å². The van der Waals surface area contributed by atoms with Crippen LogP contribution in [0.3, 0.4) is 0 Å². The number of likely N-dealkylation sites (tertiary alicyclic amines) is 1. The Kier molecular flexibility index (Phi) is 4.50. The van der Waals surface area contributed by atoms with Gasteiger partial charge in [-0.15, -0.1) is 0 Å². The first kappa shape index (κ1) is 14.8. The van der Waals surface area contributed by atoms with E-state index in [-0.39, 0.29) is 23.0 Å². The van der Waals surface area contributed by atoms with Crippen LogP contribution in [0.1, 0.15) is 33.1 Å². The van der Waals surface area contributed by atoms with Crippen LogP contribution in [0.15, 0.2) is 0 Å². The average Bonchev–Trinajstić information content (AvgIpc) is 2.37. The lowest BCUT2D eigenvalue weighted by Gasteiger charge is -2.44. The van der Waals surface area contributed by atoms with E-state index in [9.17, 15) is 13.2 Å². The number of nitrogens with one attached hydrogen (secondary N) is 1. The Morgan fingerprint density at radius 2 is 2.11 bits per heavy atom. The molecule has 110 valence electrons. The molecule has 0 saturated carbocycles. The summed E-state index contributed by atoms with van der Waals surface area (Å²) in [4.78, 5) is 13.9. The van der Waals surface area contributed by atoms with Crippen LogP contribution < -0.4 is 5.32 Å². The van der Waals surface area contributed by atoms with Crippen molar-refractivity contribution >= 4 is 15.7 Å². The van der Waals surface area contributed by atoms with Gasteiger partial charge in [-0.3, -0.25) is 4.79 Å². The van der Waals surface area contributed by atoms with Crippen molar-refractivity contribution in [2.45, 2.75) is 44.4 Å². The summed E-state index contributed by atoms with van der Waals surface area (Å²) in [7, 11) is -3.07. The summed E-state index contributed by atoms with van der Waals surface area (Å²) in [6.07, 6.45) is 2.44. The number of piperidine rings is 2. The van der Waals surface area contributed by atoms with E-state index in [0.29, 0.717) is 18.9 Å². The van der Waals surface area contributed by atoms with Crippen molar-refractivity contribution in [3.05, 3.63) is 0 Å². The molecule has 0 aromatic carbocycles. The van der Waals surface area contributed by atoms with Gasteiger partial charge in [-0.25, -0.2) is 8.42 Å². The van der Waals surface area contributed by atoms with Crippen molar-refractivity contribution in [2.24, 2.45) is 5.92 Å². The second-order valence-electron chi connectivity index (χ2n) is 5.86. The minimum absolute atomic E-state index is 0.0903. The zero-order valence-electron chi connectivity index (χ0n) is 11.8. The van der Waals surface area contributed by atoms with Crippen molar-refractivity contribution in [1.82, 2.24) is 10.2 Å². The standard InChI is InChI=1S/C13H24N2O3S/c1-10(2)19(17,18)8-7-15-12-5-6-14-9-11(12)3-4-13(15)16/h10-12,14H,3-9H2,1-2H3. The third kappa shape index (κ3) is 3.28. The molecule has 2 saturated heterocycles. The largest absolute Gasteiger partial charge is 0.338 e. The van der Waals surface area contributed by atoms with Gasteiger partial charge in [0.1, 0.15) is 0 Å². The van der Waals surface area contributed by atoms with E-state index >= 15 is 0 Å². The first-order valence-corrected chi connectivity index (χ1v) is 8.85. The number of carbonyl (C=O) groups is 1. The fraction of sp³-hybridized carbons (Fsp3) is 0.923. The molecule has 19 heavy (non-hydrogen) atoms. The van der Waals surface area contributed by atoms with E-state index in [0.717, 1.165) is 25.9 Å². The van der Waals surface area contributed by atoms with Gasteiger partial charge >= 0.3 is 0 Å². The van der Waals surface area contributed by atoms with Gasteiger partial charge in [0, 0.05) is 19.0 Å². The zero-order valence-corrected chi connectivity index (χ0v) is 12.6. The lowest BCUT2D eigenvalue weighted by molar-refractivity contribution is -0.139. The number of sulfone groups is 1. The quantitative estimate of drug-likeness (QED) is 0.814. The van der Waals surface area contributed by atoms with Crippen LogP contribution in [0.4, 0.5) is 0 Å². The highest BCUT2D eigenvalue weighted by Crippen LogP contribution is 2.28. The summed E-state index contributed by atoms with van der Waals surface area (Å²) in [5.74, 6) is 0.711. The normalized spacial score (nSPS) is 28.6. The first-order chi connectivity index (χ1) is 8.92. The van der Waals surface area contributed by atoms with Crippen LogP contribution in [0.25, 0.3) is 0 Å². The number of amides is 1. The van der Waals surface area contributed by atoms with Crippen LogP contribution in [0, 0.1) is 5.92 Å². The van der Waals surface area contributed by atoms with Gasteiger partial charge < -0.3 is 10.2 Å². The first-order valence-electron chi connectivity index (χ1n) is 7.13. The summed E-state index contributed by atoms with van der Waals surface area (Å²) in [6, 6.07) is 0.241. The number of fused-ring (bicyclic) bond motifs is 1. The van der Waals surface area contributed by atoms with E-state index in [2.05, 4.69) is 5.32 Å². The highest BCUT2D eigenvalue weighted by molar-refractivity contribution is 7.92. The van der Waals surface area contributed by atoms with Gasteiger partial charge in [-0.05, 0) is 45.7 Å². The summed E-state index contributed by atoms with van der Waals surface area (Å²) in [5, 5.41) is 2.99. The predicted octanol–water partition coefficient (Wildman–Crippen LogP) is 0.410. The maximum Gasteiger partial charge on any atom is 0.222 e. The summed E-state index contributed by atoms with van der Waals surface area (Å²) >= 11 is 0. The SMILES string of the molecule is CC(C)S(=O)(=O)CCN1C(=O)CCC2CNCCC21. The number of hydrogen-bond acceptors (Lipinski definition) is 4. The van der Waals surface area contributed by atoms with E-state index in [1.807, 2.05) is 4.90 Å². The highest BCUT2D eigenvalue weighted by atomic mass is 32.2. The smallest absolute Gasteiger partial charge is 0.222 e. The lowest BCUT2D eigenvalue weighted by atomic mass is 9.84. The molecule has 2 aliphatic heterocycles. The molecule has 1 N–H and O–H groups in total. The number of nitrogens with zero attached hydrogens (tertiary/aromatic N) is 1.